The second-order valence-corrected chi connectivity index (χ2v) is 6.10. The molecule has 5 heteroatoms. The lowest BCUT2D eigenvalue weighted by Crippen LogP contribution is -2.34. The summed E-state index contributed by atoms with van der Waals surface area (Å²) in [5.74, 6) is 2.47. The number of benzene rings is 1. The first-order chi connectivity index (χ1) is 8.01. The van der Waals surface area contributed by atoms with Crippen LogP contribution in [0, 0.1) is 12.3 Å². The SMILES string of the molecule is C#CCC(CC)NS(=O)(=O)c1ccccc1Br. The molecule has 17 heavy (non-hydrogen) atoms. The van der Waals surface area contributed by atoms with E-state index < -0.39 is 10.0 Å². The van der Waals surface area contributed by atoms with Gasteiger partial charge in [-0.3, -0.25) is 0 Å². The van der Waals surface area contributed by atoms with E-state index in [9.17, 15) is 8.42 Å². The highest BCUT2D eigenvalue weighted by Gasteiger charge is 2.20. The minimum atomic E-state index is -3.52. The van der Waals surface area contributed by atoms with Crippen molar-refractivity contribution < 1.29 is 8.42 Å². The molecule has 0 aliphatic heterocycles. The zero-order chi connectivity index (χ0) is 12.9. The molecule has 1 atom stereocenters. The highest BCUT2D eigenvalue weighted by molar-refractivity contribution is 9.10. The van der Waals surface area contributed by atoms with Gasteiger partial charge in [-0.25, -0.2) is 13.1 Å². The number of hydrogen-bond acceptors (Lipinski definition) is 2. The summed E-state index contributed by atoms with van der Waals surface area (Å²) >= 11 is 3.22. The molecule has 0 aromatic heterocycles. The van der Waals surface area contributed by atoms with E-state index in [0.717, 1.165) is 0 Å². The molecule has 0 saturated heterocycles. The quantitative estimate of drug-likeness (QED) is 0.849. The van der Waals surface area contributed by atoms with E-state index in [4.69, 9.17) is 6.42 Å². The van der Waals surface area contributed by atoms with Crippen LogP contribution in [-0.2, 0) is 10.0 Å². The van der Waals surface area contributed by atoms with Crippen LogP contribution < -0.4 is 4.72 Å². The zero-order valence-corrected chi connectivity index (χ0v) is 11.9. The van der Waals surface area contributed by atoms with E-state index in [-0.39, 0.29) is 10.9 Å². The van der Waals surface area contributed by atoms with Crippen molar-refractivity contribution in [2.75, 3.05) is 0 Å². The first-order valence-electron chi connectivity index (χ1n) is 5.21. The molecule has 0 bridgehead atoms. The predicted octanol–water partition coefficient (Wildman–Crippen LogP) is 2.53. The van der Waals surface area contributed by atoms with Gasteiger partial charge in [-0.2, -0.15) is 0 Å². The summed E-state index contributed by atoms with van der Waals surface area (Å²) in [6, 6.07) is 6.46. The lowest BCUT2D eigenvalue weighted by Gasteiger charge is -2.15. The van der Waals surface area contributed by atoms with Gasteiger partial charge >= 0.3 is 0 Å². The van der Waals surface area contributed by atoms with Gasteiger partial charge in [-0.1, -0.05) is 19.1 Å². The van der Waals surface area contributed by atoms with Crippen LogP contribution in [0.1, 0.15) is 19.8 Å². The van der Waals surface area contributed by atoms with E-state index in [1.807, 2.05) is 6.92 Å². The maximum absolute atomic E-state index is 12.1. The molecule has 0 aliphatic rings. The molecule has 1 rings (SSSR count). The number of terminal acetylenes is 1. The van der Waals surface area contributed by atoms with E-state index in [1.165, 1.54) is 0 Å². The smallest absolute Gasteiger partial charge is 0.207 e. The molecule has 1 N–H and O–H groups in total. The average Bonchev–Trinajstić information content (AvgIpc) is 2.28. The zero-order valence-electron chi connectivity index (χ0n) is 9.48. The Morgan fingerprint density at radius 3 is 2.65 bits per heavy atom. The molecular formula is C12H14BrNO2S. The standard InChI is InChI=1S/C12H14BrNO2S/c1-3-7-10(4-2)14-17(15,16)12-9-6-5-8-11(12)13/h1,5-6,8-10,14H,4,7H2,2H3. The minimum absolute atomic E-state index is 0.225. The van der Waals surface area contributed by atoms with Crippen molar-refractivity contribution in [3.8, 4) is 12.3 Å². The molecule has 92 valence electrons. The Morgan fingerprint density at radius 1 is 1.47 bits per heavy atom. The molecule has 0 heterocycles. The van der Waals surface area contributed by atoms with E-state index >= 15 is 0 Å². The number of sulfonamides is 1. The summed E-state index contributed by atoms with van der Waals surface area (Å²) in [5.41, 5.74) is 0. The summed E-state index contributed by atoms with van der Waals surface area (Å²) in [5, 5.41) is 0. The third-order valence-electron chi connectivity index (χ3n) is 2.31. The van der Waals surface area contributed by atoms with Crippen molar-refractivity contribution >= 4 is 26.0 Å². The summed E-state index contributed by atoms with van der Waals surface area (Å²) < 4.78 is 27.3. The van der Waals surface area contributed by atoms with Gasteiger partial charge in [0.25, 0.3) is 0 Å². The van der Waals surface area contributed by atoms with E-state index in [2.05, 4.69) is 26.6 Å². The third-order valence-corrected chi connectivity index (χ3v) is 4.84. The molecule has 3 nitrogen and oxygen atoms in total. The molecule has 0 fully saturated rings. The van der Waals surface area contributed by atoms with Crippen LogP contribution in [0.3, 0.4) is 0 Å². The van der Waals surface area contributed by atoms with Gasteiger partial charge in [0.05, 0.1) is 4.90 Å². The van der Waals surface area contributed by atoms with Crippen LogP contribution in [0.4, 0.5) is 0 Å². The molecular weight excluding hydrogens is 302 g/mol. The van der Waals surface area contributed by atoms with E-state index in [0.29, 0.717) is 17.3 Å². The number of halogens is 1. The summed E-state index contributed by atoms with van der Waals surface area (Å²) in [4.78, 5) is 0.232. The van der Waals surface area contributed by atoms with Crippen molar-refractivity contribution in [3.05, 3.63) is 28.7 Å². The van der Waals surface area contributed by atoms with Gasteiger partial charge in [0.1, 0.15) is 0 Å². The van der Waals surface area contributed by atoms with Gasteiger partial charge in [0.2, 0.25) is 10.0 Å². The molecule has 1 aromatic carbocycles. The van der Waals surface area contributed by atoms with Crippen LogP contribution in [0.25, 0.3) is 0 Å². The minimum Gasteiger partial charge on any atom is -0.207 e. The number of nitrogens with one attached hydrogen (secondary N) is 1. The van der Waals surface area contributed by atoms with Gasteiger partial charge in [-0.15, -0.1) is 12.3 Å². The Balaban J connectivity index is 2.97. The van der Waals surface area contributed by atoms with Crippen molar-refractivity contribution in [2.45, 2.75) is 30.7 Å². The molecule has 0 saturated carbocycles. The fourth-order valence-electron chi connectivity index (χ4n) is 1.36. The van der Waals surface area contributed by atoms with Crippen molar-refractivity contribution in [2.24, 2.45) is 0 Å². The Kier molecular flexibility index (Phi) is 5.19. The summed E-state index contributed by atoms with van der Waals surface area (Å²) in [6.07, 6.45) is 6.25. The third kappa shape index (κ3) is 3.84. The maximum atomic E-state index is 12.1. The summed E-state index contributed by atoms with van der Waals surface area (Å²) in [7, 11) is -3.52. The fraction of sp³-hybridized carbons (Fsp3) is 0.333. The Bertz CT molecular complexity index is 520. The van der Waals surface area contributed by atoms with Gasteiger partial charge < -0.3 is 0 Å². The highest BCUT2D eigenvalue weighted by Crippen LogP contribution is 2.21. The van der Waals surface area contributed by atoms with Crippen molar-refractivity contribution in [1.29, 1.82) is 0 Å². The topological polar surface area (TPSA) is 46.2 Å². The Morgan fingerprint density at radius 2 is 2.12 bits per heavy atom. The molecule has 0 amide bonds. The van der Waals surface area contributed by atoms with Gasteiger partial charge in [-0.05, 0) is 34.5 Å². The first-order valence-corrected chi connectivity index (χ1v) is 7.49. The van der Waals surface area contributed by atoms with Crippen LogP contribution in [0.5, 0.6) is 0 Å². The fourth-order valence-corrected chi connectivity index (χ4v) is 3.68. The van der Waals surface area contributed by atoms with Gasteiger partial charge in [0.15, 0.2) is 0 Å². The lowest BCUT2D eigenvalue weighted by molar-refractivity contribution is 0.543. The van der Waals surface area contributed by atoms with Crippen molar-refractivity contribution in [3.63, 3.8) is 0 Å². The molecule has 1 unspecified atom stereocenters. The van der Waals surface area contributed by atoms with Crippen LogP contribution >= 0.6 is 15.9 Å². The van der Waals surface area contributed by atoms with Crippen LogP contribution in [0.15, 0.2) is 33.6 Å². The molecule has 0 radical (unpaired) electrons. The number of rotatable bonds is 5. The molecule has 0 aliphatic carbocycles. The second-order valence-electron chi connectivity index (χ2n) is 3.57. The monoisotopic (exact) mass is 315 g/mol. The van der Waals surface area contributed by atoms with Gasteiger partial charge in [0, 0.05) is 16.9 Å². The maximum Gasteiger partial charge on any atom is 0.241 e. The highest BCUT2D eigenvalue weighted by atomic mass is 79.9. The number of hydrogen-bond donors (Lipinski definition) is 1. The molecule has 1 aromatic rings. The van der Waals surface area contributed by atoms with Crippen LogP contribution in [0.2, 0.25) is 0 Å². The van der Waals surface area contributed by atoms with Crippen LogP contribution in [-0.4, -0.2) is 14.5 Å². The Hall–Kier alpha value is -0.830. The normalized spacial score (nSPS) is 13.0. The average molecular weight is 316 g/mol. The lowest BCUT2D eigenvalue weighted by atomic mass is 10.2. The Labute approximate surface area is 111 Å². The van der Waals surface area contributed by atoms with Crippen molar-refractivity contribution in [1.82, 2.24) is 4.72 Å². The first kappa shape index (κ1) is 14.2. The summed E-state index contributed by atoms with van der Waals surface area (Å²) in [6.45, 7) is 1.89. The molecule has 0 spiro atoms. The van der Waals surface area contributed by atoms with E-state index in [1.54, 1.807) is 24.3 Å². The second kappa shape index (κ2) is 6.20. The largest absolute Gasteiger partial charge is 0.241 e. The predicted molar refractivity (Wildman–Crippen MR) is 72.0 cm³/mol.